The second-order valence-electron chi connectivity index (χ2n) is 6.06. The van der Waals surface area contributed by atoms with Gasteiger partial charge in [0.15, 0.2) is 0 Å². The van der Waals surface area contributed by atoms with Crippen LogP contribution in [0.15, 0.2) is 18.3 Å². The fraction of sp³-hybridized carbons (Fsp3) is 0.667. The van der Waals surface area contributed by atoms with E-state index in [4.69, 9.17) is 5.84 Å². The Labute approximate surface area is 109 Å². The third kappa shape index (κ3) is 2.06. The Kier molecular flexibility index (Phi) is 3.35. The van der Waals surface area contributed by atoms with Crippen molar-refractivity contribution in [1.82, 2.24) is 10.4 Å². The van der Waals surface area contributed by atoms with E-state index in [1.807, 2.05) is 12.3 Å². The Morgan fingerprint density at radius 3 is 3.00 bits per heavy atom. The molecule has 3 heteroatoms. The van der Waals surface area contributed by atoms with E-state index in [9.17, 15) is 0 Å². The van der Waals surface area contributed by atoms with Crippen LogP contribution in [0, 0.1) is 11.8 Å². The monoisotopic (exact) mass is 245 g/mol. The molecule has 0 bridgehead atoms. The number of pyridine rings is 1. The van der Waals surface area contributed by atoms with E-state index >= 15 is 0 Å². The minimum atomic E-state index is 0.408. The maximum absolute atomic E-state index is 5.86. The van der Waals surface area contributed by atoms with Crippen molar-refractivity contribution in [2.75, 3.05) is 0 Å². The van der Waals surface area contributed by atoms with Gasteiger partial charge in [-0.25, -0.2) is 0 Å². The molecule has 18 heavy (non-hydrogen) atoms. The highest BCUT2D eigenvalue weighted by atomic mass is 15.2. The smallest absolute Gasteiger partial charge is 0.0482 e. The number of hydrogen-bond donors (Lipinski definition) is 2. The number of nitrogens with zero attached hydrogens (tertiary/aromatic N) is 1. The van der Waals surface area contributed by atoms with E-state index in [2.05, 4.69) is 23.4 Å². The lowest BCUT2D eigenvalue weighted by molar-refractivity contribution is 0.303. The van der Waals surface area contributed by atoms with Gasteiger partial charge in [0.05, 0.1) is 0 Å². The van der Waals surface area contributed by atoms with E-state index in [0.717, 1.165) is 18.3 Å². The number of hydrogen-bond acceptors (Lipinski definition) is 3. The minimum absolute atomic E-state index is 0.408. The largest absolute Gasteiger partial charge is 0.271 e. The van der Waals surface area contributed by atoms with Crippen LogP contribution in [0.5, 0.6) is 0 Å². The van der Waals surface area contributed by atoms with Gasteiger partial charge < -0.3 is 0 Å². The van der Waals surface area contributed by atoms with Crippen LogP contribution >= 0.6 is 0 Å². The predicted molar refractivity (Wildman–Crippen MR) is 72.9 cm³/mol. The van der Waals surface area contributed by atoms with Crippen LogP contribution in [-0.2, 0) is 6.42 Å². The second-order valence-corrected chi connectivity index (χ2v) is 6.06. The number of aryl methyl sites for hydroxylation is 1. The molecule has 1 heterocycles. The molecule has 0 spiro atoms. The van der Waals surface area contributed by atoms with Gasteiger partial charge in [0.2, 0.25) is 0 Å². The molecule has 1 aromatic rings. The summed E-state index contributed by atoms with van der Waals surface area (Å²) in [7, 11) is 0. The number of nitrogens with one attached hydrogen (secondary N) is 1. The maximum Gasteiger partial charge on any atom is 0.0482 e. The van der Waals surface area contributed by atoms with E-state index < -0.39 is 0 Å². The average Bonchev–Trinajstić information content (AvgIpc) is 2.98. The fourth-order valence-corrected chi connectivity index (χ4v) is 3.95. The van der Waals surface area contributed by atoms with Crippen LogP contribution in [0.3, 0.4) is 0 Å². The predicted octanol–water partition coefficient (Wildman–Crippen LogP) is 2.38. The first-order chi connectivity index (χ1) is 8.79. The maximum atomic E-state index is 5.86. The molecule has 4 atom stereocenters. The van der Waals surface area contributed by atoms with Gasteiger partial charge in [0.1, 0.15) is 0 Å². The Bertz CT molecular complexity index is 418. The van der Waals surface area contributed by atoms with Crippen LogP contribution in [0.1, 0.15) is 49.8 Å². The number of hydrazine groups is 1. The van der Waals surface area contributed by atoms with Gasteiger partial charge in [-0.05, 0) is 49.1 Å². The van der Waals surface area contributed by atoms with E-state index in [1.54, 1.807) is 0 Å². The molecular weight excluding hydrogens is 222 g/mol. The van der Waals surface area contributed by atoms with Crippen molar-refractivity contribution in [1.29, 1.82) is 0 Å². The molecule has 0 aromatic carbocycles. The average molecular weight is 245 g/mol. The lowest BCUT2D eigenvalue weighted by Gasteiger charge is -2.28. The quantitative estimate of drug-likeness (QED) is 0.635. The summed E-state index contributed by atoms with van der Waals surface area (Å²) in [4.78, 5) is 4.60. The van der Waals surface area contributed by atoms with Crippen molar-refractivity contribution in [2.24, 2.45) is 17.7 Å². The number of fused-ring (bicyclic) bond motifs is 1. The highest BCUT2D eigenvalue weighted by molar-refractivity contribution is 5.30. The van der Waals surface area contributed by atoms with Crippen LogP contribution in [0.25, 0.3) is 0 Å². The summed E-state index contributed by atoms with van der Waals surface area (Å²) in [5, 5.41) is 0. The molecular formula is C15H23N3. The van der Waals surface area contributed by atoms with Crippen molar-refractivity contribution >= 4 is 0 Å². The van der Waals surface area contributed by atoms with Gasteiger partial charge >= 0.3 is 0 Å². The standard InChI is InChI=1S/C15H23N3/c1-10-4-5-12(9-10)15(18-16)13-7-6-11-3-2-8-17-14(11)13/h2-3,8,10,12-13,15,18H,4-7,9,16H2,1H3. The third-order valence-corrected chi connectivity index (χ3v) is 4.87. The highest BCUT2D eigenvalue weighted by Crippen LogP contribution is 2.41. The molecule has 3 rings (SSSR count). The lowest BCUT2D eigenvalue weighted by atomic mass is 9.85. The van der Waals surface area contributed by atoms with Crippen molar-refractivity contribution in [3.05, 3.63) is 29.6 Å². The number of nitrogens with two attached hydrogens (primary N) is 1. The molecule has 0 saturated heterocycles. The first kappa shape index (κ1) is 12.1. The van der Waals surface area contributed by atoms with Crippen molar-refractivity contribution < 1.29 is 0 Å². The zero-order valence-electron chi connectivity index (χ0n) is 11.1. The number of aromatic nitrogens is 1. The summed E-state index contributed by atoms with van der Waals surface area (Å²) < 4.78 is 0. The summed E-state index contributed by atoms with van der Waals surface area (Å²) in [5.41, 5.74) is 5.82. The van der Waals surface area contributed by atoms with E-state index in [-0.39, 0.29) is 0 Å². The summed E-state index contributed by atoms with van der Waals surface area (Å²) >= 11 is 0. The van der Waals surface area contributed by atoms with Crippen LogP contribution in [-0.4, -0.2) is 11.0 Å². The molecule has 0 amide bonds. The van der Waals surface area contributed by atoms with Gasteiger partial charge in [-0.2, -0.15) is 0 Å². The fourth-order valence-electron chi connectivity index (χ4n) is 3.95. The normalized spacial score (nSPS) is 32.4. The molecule has 0 radical (unpaired) electrons. The summed E-state index contributed by atoms with van der Waals surface area (Å²) in [6, 6.07) is 4.67. The molecule has 0 aliphatic heterocycles. The first-order valence-electron chi connectivity index (χ1n) is 7.19. The zero-order chi connectivity index (χ0) is 12.5. The van der Waals surface area contributed by atoms with E-state index in [0.29, 0.717) is 12.0 Å². The highest BCUT2D eigenvalue weighted by Gasteiger charge is 2.37. The second kappa shape index (κ2) is 4.98. The Hall–Kier alpha value is -0.930. The minimum Gasteiger partial charge on any atom is -0.271 e. The molecule has 3 N–H and O–H groups in total. The first-order valence-corrected chi connectivity index (χ1v) is 7.19. The summed E-state index contributed by atoms with van der Waals surface area (Å²) in [6.45, 7) is 2.36. The molecule has 1 aromatic heterocycles. The van der Waals surface area contributed by atoms with Crippen LogP contribution in [0.4, 0.5) is 0 Å². The molecule has 3 nitrogen and oxygen atoms in total. The van der Waals surface area contributed by atoms with Crippen molar-refractivity contribution in [3.63, 3.8) is 0 Å². The Morgan fingerprint density at radius 2 is 2.28 bits per heavy atom. The van der Waals surface area contributed by atoms with Gasteiger partial charge in [-0.15, -0.1) is 0 Å². The van der Waals surface area contributed by atoms with E-state index in [1.165, 1.54) is 36.9 Å². The molecule has 1 fully saturated rings. The van der Waals surface area contributed by atoms with Crippen molar-refractivity contribution in [2.45, 2.75) is 51.0 Å². The zero-order valence-corrected chi connectivity index (χ0v) is 11.1. The van der Waals surface area contributed by atoms with Gasteiger partial charge in [-0.1, -0.05) is 19.4 Å². The molecule has 4 unspecified atom stereocenters. The number of rotatable bonds is 3. The summed E-state index contributed by atoms with van der Waals surface area (Å²) in [5.74, 6) is 7.95. The van der Waals surface area contributed by atoms with Crippen molar-refractivity contribution in [3.8, 4) is 0 Å². The van der Waals surface area contributed by atoms with Gasteiger partial charge in [-0.3, -0.25) is 16.3 Å². The molecule has 2 aliphatic rings. The summed E-state index contributed by atoms with van der Waals surface area (Å²) in [6.07, 6.45) is 8.26. The molecule has 2 aliphatic carbocycles. The topological polar surface area (TPSA) is 50.9 Å². The molecule has 98 valence electrons. The Balaban J connectivity index is 1.81. The third-order valence-electron chi connectivity index (χ3n) is 4.87. The van der Waals surface area contributed by atoms with Crippen LogP contribution < -0.4 is 11.3 Å². The Morgan fingerprint density at radius 1 is 1.39 bits per heavy atom. The van der Waals surface area contributed by atoms with Crippen LogP contribution in [0.2, 0.25) is 0 Å². The SMILES string of the molecule is CC1CCC(C(NN)C2CCc3cccnc32)C1. The molecule has 1 saturated carbocycles. The van der Waals surface area contributed by atoms with Gasteiger partial charge in [0, 0.05) is 23.9 Å². The lowest BCUT2D eigenvalue weighted by Crippen LogP contribution is -2.44. The van der Waals surface area contributed by atoms with Gasteiger partial charge in [0.25, 0.3) is 0 Å².